The fourth-order valence-electron chi connectivity index (χ4n) is 2.74. The molecule has 0 aromatic heterocycles. The first-order valence-electron chi connectivity index (χ1n) is 7.69. The SMILES string of the molecule is O=P(O)(O)N=C1CC(O)=CC(O)=C1C(O)(O)CCCc1cccc(O)c1. The Labute approximate surface area is 149 Å². The van der Waals surface area contributed by atoms with Crippen LogP contribution in [-0.4, -0.2) is 46.8 Å². The molecule has 1 aliphatic rings. The van der Waals surface area contributed by atoms with Crippen LogP contribution in [0.4, 0.5) is 0 Å². The number of aromatic hydroxyl groups is 1. The average molecular weight is 385 g/mol. The van der Waals surface area contributed by atoms with Gasteiger partial charge in [-0.15, -0.1) is 0 Å². The van der Waals surface area contributed by atoms with E-state index >= 15 is 0 Å². The number of aryl methyl sites for hydroxylation is 1. The minimum absolute atomic E-state index is 0.0751. The van der Waals surface area contributed by atoms with Gasteiger partial charge in [0.05, 0.1) is 11.3 Å². The maximum Gasteiger partial charge on any atom is 0.448 e. The van der Waals surface area contributed by atoms with Gasteiger partial charge in [-0.2, -0.15) is 4.76 Å². The smallest absolute Gasteiger partial charge is 0.448 e. The lowest BCUT2D eigenvalue weighted by molar-refractivity contribution is -0.131. The van der Waals surface area contributed by atoms with Crippen molar-refractivity contribution >= 4 is 13.5 Å². The third kappa shape index (κ3) is 5.42. The summed E-state index contributed by atoms with van der Waals surface area (Å²) >= 11 is 0. The molecule has 0 atom stereocenters. The molecule has 142 valence electrons. The summed E-state index contributed by atoms with van der Waals surface area (Å²) in [6.07, 6.45) is 0.741. The minimum atomic E-state index is -4.92. The Hall–Kier alpha value is -2.16. The van der Waals surface area contributed by atoms with E-state index in [1.165, 1.54) is 12.1 Å². The number of phenols is 1. The Bertz CT molecular complexity index is 821. The third-order valence-electron chi connectivity index (χ3n) is 3.75. The molecule has 0 unspecified atom stereocenters. The highest BCUT2D eigenvalue weighted by Gasteiger charge is 2.38. The van der Waals surface area contributed by atoms with Crippen molar-refractivity contribution in [2.45, 2.75) is 31.5 Å². The number of allylic oxidation sites excluding steroid dienone is 2. The zero-order valence-corrected chi connectivity index (χ0v) is 14.5. The van der Waals surface area contributed by atoms with Crippen LogP contribution < -0.4 is 0 Å². The van der Waals surface area contributed by atoms with Gasteiger partial charge in [-0.3, -0.25) is 0 Å². The number of hydrogen-bond donors (Lipinski definition) is 7. The van der Waals surface area contributed by atoms with Crippen LogP contribution in [0.25, 0.3) is 0 Å². The van der Waals surface area contributed by atoms with E-state index in [0.29, 0.717) is 6.42 Å². The topological polar surface area (TPSA) is 171 Å². The molecule has 1 aliphatic carbocycles. The van der Waals surface area contributed by atoms with Crippen LogP contribution in [0.2, 0.25) is 0 Å². The summed E-state index contributed by atoms with van der Waals surface area (Å²) in [5.74, 6) is -3.70. The van der Waals surface area contributed by atoms with Crippen LogP contribution in [0, 0.1) is 0 Å². The predicted octanol–water partition coefficient (Wildman–Crippen LogP) is 1.59. The second-order valence-corrected chi connectivity index (χ2v) is 7.20. The summed E-state index contributed by atoms with van der Waals surface area (Å²) < 4.78 is 14.2. The summed E-state index contributed by atoms with van der Waals surface area (Å²) in [4.78, 5) is 18.0. The second-order valence-electron chi connectivity index (χ2n) is 5.97. The highest BCUT2D eigenvalue weighted by Crippen LogP contribution is 2.40. The van der Waals surface area contributed by atoms with E-state index in [1.54, 1.807) is 12.1 Å². The van der Waals surface area contributed by atoms with E-state index in [9.17, 15) is 30.1 Å². The molecule has 0 heterocycles. The Morgan fingerprint density at radius 1 is 1.15 bits per heavy atom. The first-order chi connectivity index (χ1) is 12.0. The van der Waals surface area contributed by atoms with Crippen molar-refractivity contribution < 1.29 is 39.9 Å². The summed E-state index contributed by atoms with van der Waals surface area (Å²) in [5.41, 5.74) is -0.308. The van der Waals surface area contributed by atoms with E-state index in [-0.39, 0.29) is 18.6 Å². The third-order valence-corrected chi connectivity index (χ3v) is 4.25. The van der Waals surface area contributed by atoms with Gasteiger partial charge in [0.1, 0.15) is 17.3 Å². The zero-order chi connectivity index (χ0) is 19.5. The summed E-state index contributed by atoms with van der Waals surface area (Å²) in [6, 6.07) is 6.41. The van der Waals surface area contributed by atoms with Crippen molar-refractivity contribution in [1.82, 2.24) is 0 Å². The standard InChI is InChI=1S/C16H20NO8P/c18-11-5-1-3-10(7-11)4-2-6-16(21,22)15-13(17-26(23,24)25)8-12(19)9-14(15)20/h1,3,5,7,9,18-22H,2,4,6,8H2,(H2,23,24,25). The zero-order valence-electron chi connectivity index (χ0n) is 13.6. The molecule has 0 saturated carbocycles. The number of nitrogens with zero attached hydrogens (tertiary/aromatic N) is 1. The maximum absolute atomic E-state index is 11.1. The van der Waals surface area contributed by atoms with Crippen LogP contribution in [-0.2, 0) is 11.0 Å². The Morgan fingerprint density at radius 2 is 1.85 bits per heavy atom. The lowest BCUT2D eigenvalue weighted by Crippen LogP contribution is -2.37. The predicted molar refractivity (Wildman–Crippen MR) is 92.7 cm³/mol. The summed E-state index contributed by atoms with van der Waals surface area (Å²) in [6.45, 7) is 0. The molecule has 0 fully saturated rings. The molecule has 0 bridgehead atoms. The largest absolute Gasteiger partial charge is 0.512 e. The van der Waals surface area contributed by atoms with Crippen LogP contribution >= 0.6 is 7.75 Å². The molecule has 1 aromatic carbocycles. The Kier molecular flexibility index (Phi) is 5.90. The second kappa shape index (κ2) is 7.61. The van der Waals surface area contributed by atoms with E-state index in [4.69, 9.17) is 9.79 Å². The molecule has 1 aromatic rings. The van der Waals surface area contributed by atoms with Gasteiger partial charge in [0.2, 0.25) is 0 Å². The van der Waals surface area contributed by atoms with Crippen molar-refractivity contribution in [3.63, 3.8) is 0 Å². The molecule has 0 aliphatic heterocycles. The molecule has 26 heavy (non-hydrogen) atoms. The number of rotatable bonds is 6. The van der Waals surface area contributed by atoms with E-state index in [1.807, 2.05) is 0 Å². The Balaban J connectivity index is 2.22. The fraction of sp³-hybridized carbons (Fsp3) is 0.312. The van der Waals surface area contributed by atoms with E-state index in [2.05, 4.69) is 4.76 Å². The van der Waals surface area contributed by atoms with Crippen molar-refractivity contribution in [3.05, 3.63) is 53.0 Å². The quantitative estimate of drug-likeness (QED) is 0.286. The van der Waals surface area contributed by atoms with Gasteiger partial charge in [-0.25, -0.2) is 4.57 Å². The maximum atomic E-state index is 11.1. The molecule has 9 nitrogen and oxygen atoms in total. The van der Waals surface area contributed by atoms with Gasteiger partial charge >= 0.3 is 7.75 Å². The van der Waals surface area contributed by atoms with Crippen LogP contribution in [0.3, 0.4) is 0 Å². The van der Waals surface area contributed by atoms with Crippen molar-refractivity contribution in [1.29, 1.82) is 0 Å². The van der Waals surface area contributed by atoms with Gasteiger partial charge in [-0.05, 0) is 30.5 Å². The van der Waals surface area contributed by atoms with Crippen LogP contribution in [0.1, 0.15) is 24.8 Å². The molecule has 0 radical (unpaired) electrons. The number of aliphatic hydroxyl groups excluding tert-OH is 2. The van der Waals surface area contributed by atoms with Gasteiger partial charge in [0.25, 0.3) is 0 Å². The normalized spacial score (nSPS) is 17.5. The lowest BCUT2D eigenvalue weighted by atomic mass is 9.89. The van der Waals surface area contributed by atoms with Gasteiger partial charge in [-0.1, -0.05) is 12.1 Å². The molecule has 0 spiro atoms. The average Bonchev–Trinajstić information content (AvgIpc) is 2.43. The number of aliphatic hydroxyl groups is 4. The summed E-state index contributed by atoms with van der Waals surface area (Å²) in [7, 11) is -4.92. The van der Waals surface area contributed by atoms with Crippen molar-refractivity contribution in [2.24, 2.45) is 4.76 Å². The molecule has 7 N–H and O–H groups in total. The molecule has 10 heteroatoms. The van der Waals surface area contributed by atoms with Gasteiger partial charge < -0.3 is 35.3 Å². The molecule has 0 amide bonds. The lowest BCUT2D eigenvalue weighted by Gasteiger charge is -2.28. The van der Waals surface area contributed by atoms with Crippen LogP contribution in [0.15, 0.2) is 52.2 Å². The van der Waals surface area contributed by atoms with E-state index in [0.717, 1.165) is 11.6 Å². The van der Waals surface area contributed by atoms with E-state index < -0.39 is 42.8 Å². The monoisotopic (exact) mass is 385 g/mol. The molecular formula is C16H20NO8P. The highest BCUT2D eigenvalue weighted by atomic mass is 31.2. The van der Waals surface area contributed by atoms with Crippen molar-refractivity contribution in [3.8, 4) is 5.75 Å². The van der Waals surface area contributed by atoms with Crippen LogP contribution in [0.5, 0.6) is 5.75 Å². The number of benzene rings is 1. The van der Waals surface area contributed by atoms with Gasteiger partial charge in [0.15, 0.2) is 5.79 Å². The Morgan fingerprint density at radius 3 is 2.46 bits per heavy atom. The van der Waals surface area contributed by atoms with Crippen molar-refractivity contribution in [2.75, 3.05) is 0 Å². The summed E-state index contributed by atoms with van der Waals surface area (Å²) in [5, 5.41) is 49.6. The van der Waals surface area contributed by atoms with Gasteiger partial charge in [0, 0.05) is 18.9 Å². The highest BCUT2D eigenvalue weighted by molar-refractivity contribution is 7.50. The minimum Gasteiger partial charge on any atom is -0.512 e. The first-order valence-corrected chi connectivity index (χ1v) is 9.25. The fourth-order valence-corrected chi connectivity index (χ4v) is 3.23. The molecular weight excluding hydrogens is 365 g/mol. The number of hydrogen-bond acceptors (Lipinski definition) is 6. The number of phenolic OH excluding ortho intramolecular Hbond substituents is 1. The molecule has 0 saturated heterocycles. The first kappa shape index (κ1) is 20.2. The molecule has 2 rings (SSSR count).